The molecular weight excluding hydrogens is 503 g/mol. The lowest BCUT2D eigenvalue weighted by molar-refractivity contribution is -0.127. The molecule has 1 aromatic carbocycles. The molecule has 0 radical (unpaired) electrons. The highest BCUT2D eigenvalue weighted by Gasteiger charge is 2.31. The van der Waals surface area contributed by atoms with Gasteiger partial charge >= 0.3 is 0 Å². The molecule has 190 valence electrons. The third-order valence-electron chi connectivity index (χ3n) is 5.87. The third kappa shape index (κ3) is 4.82. The topological polar surface area (TPSA) is 147 Å². The second-order valence-electron chi connectivity index (χ2n) is 8.35. The monoisotopic (exact) mass is 524 g/mol. The molecule has 14 heteroatoms. The van der Waals surface area contributed by atoms with Crippen LogP contribution in [0.25, 0.3) is 16.7 Å². The number of hydrogen-bond acceptors (Lipinski definition) is 7. The van der Waals surface area contributed by atoms with Crippen molar-refractivity contribution in [2.45, 2.75) is 0 Å². The van der Waals surface area contributed by atoms with E-state index in [1.807, 2.05) is 6.07 Å². The number of nitrogens with zero attached hydrogens (tertiary/aromatic N) is 7. The van der Waals surface area contributed by atoms with E-state index in [2.05, 4.69) is 24.7 Å². The van der Waals surface area contributed by atoms with Gasteiger partial charge in [0, 0.05) is 37.9 Å². The minimum Gasteiger partial charge on any atom is -0.357 e. The SMILES string of the molecule is CS(=O)(=O)N=C(c1ccccc1)N1CCN(C(=O)C(=O)c2c[nH]c3c(-n4ccnn4)ncc(F)c23)CC1. The van der Waals surface area contributed by atoms with Gasteiger partial charge in [0.1, 0.15) is 5.84 Å². The molecule has 1 amide bonds. The summed E-state index contributed by atoms with van der Waals surface area (Å²) in [4.78, 5) is 36.2. The Balaban J connectivity index is 1.36. The van der Waals surface area contributed by atoms with Gasteiger partial charge in [0.15, 0.2) is 11.6 Å². The molecule has 1 aliphatic heterocycles. The van der Waals surface area contributed by atoms with Crippen molar-refractivity contribution in [2.24, 2.45) is 4.40 Å². The van der Waals surface area contributed by atoms with E-state index >= 15 is 0 Å². The minimum atomic E-state index is -3.68. The molecular formula is C23H21FN8O4S. The number of piperazine rings is 1. The van der Waals surface area contributed by atoms with Crippen molar-refractivity contribution in [3.05, 3.63) is 72.1 Å². The van der Waals surface area contributed by atoms with Crippen LogP contribution in [-0.2, 0) is 14.8 Å². The summed E-state index contributed by atoms with van der Waals surface area (Å²) in [5.74, 6) is -1.92. The summed E-state index contributed by atoms with van der Waals surface area (Å²) in [5.41, 5.74) is 0.707. The highest BCUT2D eigenvalue weighted by atomic mass is 32.2. The van der Waals surface area contributed by atoms with Crippen molar-refractivity contribution in [3.8, 4) is 5.82 Å². The Morgan fingerprint density at radius 3 is 2.43 bits per heavy atom. The summed E-state index contributed by atoms with van der Waals surface area (Å²) in [6.45, 7) is 0.809. The number of sulfonamides is 1. The van der Waals surface area contributed by atoms with Crippen LogP contribution in [0.5, 0.6) is 0 Å². The molecule has 12 nitrogen and oxygen atoms in total. The number of pyridine rings is 1. The van der Waals surface area contributed by atoms with Gasteiger partial charge in [-0.25, -0.2) is 22.5 Å². The summed E-state index contributed by atoms with van der Waals surface area (Å²) >= 11 is 0. The summed E-state index contributed by atoms with van der Waals surface area (Å²) in [6.07, 6.45) is 6.19. The highest BCUT2D eigenvalue weighted by molar-refractivity contribution is 7.89. The Morgan fingerprint density at radius 2 is 1.78 bits per heavy atom. The standard InChI is InChI=1S/C23H21FN8O4S/c1-37(35,36)28-21(15-5-3-2-4-6-15)30-9-11-31(12-10-30)23(34)20(33)16-13-25-19-18(16)17(24)14-26-22(19)32-8-7-27-29-32/h2-8,13-14,25H,9-12H2,1H3. The Bertz CT molecular complexity index is 1610. The van der Waals surface area contributed by atoms with Crippen LogP contribution >= 0.6 is 0 Å². The molecule has 0 unspecified atom stereocenters. The molecule has 5 rings (SSSR count). The Labute approximate surface area is 210 Å². The van der Waals surface area contributed by atoms with E-state index in [0.717, 1.165) is 12.5 Å². The molecule has 1 aliphatic rings. The summed E-state index contributed by atoms with van der Waals surface area (Å²) in [7, 11) is -3.68. The minimum absolute atomic E-state index is 0.0656. The first-order valence-corrected chi connectivity index (χ1v) is 13.0. The molecule has 0 bridgehead atoms. The smallest absolute Gasteiger partial charge is 0.295 e. The molecule has 1 fully saturated rings. The van der Waals surface area contributed by atoms with Crippen LogP contribution in [0, 0.1) is 5.82 Å². The number of fused-ring (bicyclic) bond motifs is 1. The lowest BCUT2D eigenvalue weighted by Gasteiger charge is -2.36. The van der Waals surface area contributed by atoms with Crippen molar-refractivity contribution in [1.29, 1.82) is 0 Å². The number of halogens is 1. The molecule has 0 atom stereocenters. The first-order chi connectivity index (χ1) is 17.7. The lowest BCUT2D eigenvalue weighted by Crippen LogP contribution is -2.52. The van der Waals surface area contributed by atoms with Crippen molar-refractivity contribution in [2.75, 3.05) is 32.4 Å². The number of aromatic nitrogens is 5. The zero-order valence-corrected chi connectivity index (χ0v) is 20.4. The second kappa shape index (κ2) is 9.54. The predicted octanol–water partition coefficient (Wildman–Crippen LogP) is 1.02. The zero-order valence-electron chi connectivity index (χ0n) is 19.6. The van der Waals surface area contributed by atoms with Crippen LogP contribution in [0.1, 0.15) is 15.9 Å². The quantitative estimate of drug-likeness (QED) is 0.176. The van der Waals surface area contributed by atoms with Crippen LogP contribution in [0.3, 0.4) is 0 Å². The first-order valence-electron chi connectivity index (χ1n) is 11.2. The largest absolute Gasteiger partial charge is 0.357 e. The van der Waals surface area contributed by atoms with Crippen LogP contribution in [0.15, 0.2) is 59.5 Å². The van der Waals surface area contributed by atoms with Crippen LogP contribution in [0.4, 0.5) is 4.39 Å². The normalized spacial score (nSPS) is 14.8. The number of carbonyl (C=O) groups excluding carboxylic acids is 2. The molecule has 1 N–H and O–H groups in total. The van der Waals surface area contributed by atoms with Gasteiger partial charge < -0.3 is 14.8 Å². The van der Waals surface area contributed by atoms with Crippen molar-refractivity contribution in [1.82, 2.24) is 34.8 Å². The van der Waals surface area contributed by atoms with Gasteiger partial charge in [0.25, 0.3) is 21.7 Å². The number of hydrogen-bond donors (Lipinski definition) is 1. The average Bonchev–Trinajstić information content (AvgIpc) is 3.58. The molecule has 0 aliphatic carbocycles. The predicted molar refractivity (Wildman–Crippen MR) is 131 cm³/mol. The second-order valence-corrected chi connectivity index (χ2v) is 10.0. The van der Waals surface area contributed by atoms with Gasteiger partial charge in [-0.2, -0.15) is 0 Å². The van der Waals surface area contributed by atoms with Crippen molar-refractivity contribution < 1.29 is 22.4 Å². The fourth-order valence-corrected chi connectivity index (χ4v) is 4.72. The third-order valence-corrected chi connectivity index (χ3v) is 6.38. The maximum atomic E-state index is 14.7. The number of ketones is 1. The van der Waals surface area contributed by atoms with E-state index in [0.29, 0.717) is 5.56 Å². The maximum Gasteiger partial charge on any atom is 0.295 e. The molecule has 1 saturated heterocycles. The van der Waals surface area contributed by atoms with Crippen molar-refractivity contribution >= 4 is 38.5 Å². The fourth-order valence-electron chi connectivity index (χ4n) is 4.19. The number of aromatic amines is 1. The van der Waals surface area contributed by atoms with E-state index in [1.165, 1.54) is 28.2 Å². The van der Waals surface area contributed by atoms with Crippen LogP contribution < -0.4 is 0 Å². The van der Waals surface area contributed by atoms with Gasteiger partial charge in [0.05, 0.1) is 41.3 Å². The van der Waals surface area contributed by atoms with E-state index in [-0.39, 0.29) is 54.3 Å². The summed E-state index contributed by atoms with van der Waals surface area (Å²) in [6, 6.07) is 8.85. The van der Waals surface area contributed by atoms with E-state index < -0.39 is 27.5 Å². The number of nitrogens with one attached hydrogen (secondary N) is 1. The number of amides is 1. The van der Waals surface area contributed by atoms with Crippen LogP contribution in [-0.4, -0.2) is 93.1 Å². The molecule has 4 heterocycles. The first kappa shape index (κ1) is 24.2. The number of benzene rings is 1. The van der Waals surface area contributed by atoms with Gasteiger partial charge in [-0.15, -0.1) is 9.50 Å². The van der Waals surface area contributed by atoms with Gasteiger partial charge in [-0.3, -0.25) is 9.59 Å². The lowest BCUT2D eigenvalue weighted by atomic mass is 10.1. The zero-order chi connectivity index (χ0) is 26.2. The molecule has 37 heavy (non-hydrogen) atoms. The fraction of sp³-hybridized carbons (Fsp3) is 0.217. The molecule has 3 aromatic heterocycles. The van der Waals surface area contributed by atoms with Gasteiger partial charge in [0.2, 0.25) is 0 Å². The summed E-state index contributed by atoms with van der Waals surface area (Å²) in [5, 5.41) is 7.49. The average molecular weight is 525 g/mol. The molecule has 0 spiro atoms. The Hall–Kier alpha value is -4.46. The maximum absolute atomic E-state index is 14.7. The summed E-state index contributed by atoms with van der Waals surface area (Å²) < 4.78 is 43.8. The van der Waals surface area contributed by atoms with Gasteiger partial charge in [-0.05, 0) is 0 Å². The Morgan fingerprint density at radius 1 is 1.08 bits per heavy atom. The Kier molecular flexibility index (Phi) is 6.25. The highest BCUT2D eigenvalue weighted by Crippen LogP contribution is 2.26. The van der Waals surface area contributed by atoms with Crippen LogP contribution in [0.2, 0.25) is 0 Å². The van der Waals surface area contributed by atoms with E-state index in [1.54, 1.807) is 29.2 Å². The number of H-pyrrole nitrogens is 1. The molecule has 4 aromatic rings. The van der Waals surface area contributed by atoms with E-state index in [4.69, 9.17) is 0 Å². The number of amidine groups is 1. The van der Waals surface area contributed by atoms with Gasteiger partial charge in [-0.1, -0.05) is 35.5 Å². The molecule has 0 saturated carbocycles. The number of Topliss-reactive ketones (excluding diaryl/α,β-unsaturated/α-hetero) is 1. The number of rotatable bonds is 5. The number of carbonyl (C=O) groups is 2. The van der Waals surface area contributed by atoms with E-state index in [9.17, 15) is 22.4 Å². The van der Waals surface area contributed by atoms with Crippen molar-refractivity contribution in [3.63, 3.8) is 0 Å².